The number of hydrogen-bond donors (Lipinski definition) is 1. The Kier molecular flexibility index (Phi) is 5.96. The summed E-state index contributed by atoms with van der Waals surface area (Å²) in [6.45, 7) is 6.16. The summed E-state index contributed by atoms with van der Waals surface area (Å²) in [7, 11) is -3.48. The Morgan fingerprint density at radius 1 is 1.04 bits per heavy atom. The van der Waals surface area contributed by atoms with Crippen LogP contribution in [0.2, 0.25) is 0 Å². The molecule has 0 aliphatic heterocycles. The number of sulfone groups is 1. The maximum atomic E-state index is 12.3. The van der Waals surface area contributed by atoms with E-state index in [2.05, 4.69) is 36.3 Å². The van der Waals surface area contributed by atoms with Crippen molar-refractivity contribution in [2.75, 3.05) is 11.1 Å². The second-order valence-electron chi connectivity index (χ2n) is 6.72. The third kappa shape index (κ3) is 4.66. The molecular weight excluding hydrogens is 392 g/mol. The number of nitrogens with zero attached hydrogens (tertiary/aromatic N) is 1. The van der Waals surface area contributed by atoms with Crippen molar-refractivity contribution in [2.45, 2.75) is 32.1 Å². The first-order chi connectivity index (χ1) is 13.3. The Hall–Kier alpha value is -2.51. The van der Waals surface area contributed by atoms with Crippen molar-refractivity contribution in [3.05, 3.63) is 64.5 Å². The molecule has 0 unspecified atom stereocenters. The van der Waals surface area contributed by atoms with Gasteiger partial charge in [0.25, 0.3) is 0 Å². The predicted molar refractivity (Wildman–Crippen MR) is 114 cm³/mol. The lowest BCUT2D eigenvalue weighted by molar-refractivity contribution is -0.115. The van der Waals surface area contributed by atoms with E-state index in [-0.39, 0.29) is 23.0 Å². The number of amides is 1. The van der Waals surface area contributed by atoms with Crippen LogP contribution in [0.3, 0.4) is 0 Å². The number of carbonyl (C=O) groups excluding carboxylic acids is 1. The molecule has 3 aromatic rings. The fourth-order valence-corrected chi connectivity index (χ4v) is 4.83. The van der Waals surface area contributed by atoms with Crippen LogP contribution in [0.15, 0.2) is 52.7 Å². The van der Waals surface area contributed by atoms with E-state index in [0.29, 0.717) is 5.13 Å². The largest absolute Gasteiger partial charge is 0.302 e. The molecule has 0 fully saturated rings. The first-order valence-electron chi connectivity index (χ1n) is 8.87. The lowest BCUT2D eigenvalue weighted by atomic mass is 9.99. The van der Waals surface area contributed by atoms with Gasteiger partial charge in [-0.2, -0.15) is 0 Å². The van der Waals surface area contributed by atoms with Gasteiger partial charge in [0.1, 0.15) is 0 Å². The smallest absolute Gasteiger partial charge is 0.227 e. The summed E-state index contributed by atoms with van der Waals surface area (Å²) >= 11 is 1.33. The molecule has 0 saturated heterocycles. The van der Waals surface area contributed by atoms with Crippen molar-refractivity contribution in [3.63, 3.8) is 0 Å². The molecule has 0 radical (unpaired) electrons. The minimum Gasteiger partial charge on any atom is -0.302 e. The van der Waals surface area contributed by atoms with E-state index in [4.69, 9.17) is 0 Å². The van der Waals surface area contributed by atoms with Gasteiger partial charge in [0.2, 0.25) is 5.91 Å². The van der Waals surface area contributed by atoms with E-state index in [9.17, 15) is 13.2 Å². The molecule has 1 amide bonds. The number of hydrogen-bond acceptors (Lipinski definition) is 5. The molecule has 7 heteroatoms. The SMILES string of the molecule is Cc1cc(C)c(-c2csc(NC(=O)CCS(=O)(=O)c3ccccc3)n2)cc1C. The molecule has 28 heavy (non-hydrogen) atoms. The highest BCUT2D eigenvalue weighted by Crippen LogP contribution is 2.29. The maximum absolute atomic E-state index is 12.3. The molecule has 0 bridgehead atoms. The average molecular weight is 415 g/mol. The zero-order valence-corrected chi connectivity index (χ0v) is 17.7. The fraction of sp³-hybridized carbons (Fsp3) is 0.238. The molecule has 5 nitrogen and oxygen atoms in total. The van der Waals surface area contributed by atoms with Gasteiger partial charge in [0, 0.05) is 17.4 Å². The van der Waals surface area contributed by atoms with Gasteiger partial charge in [-0.15, -0.1) is 11.3 Å². The molecule has 3 rings (SSSR count). The van der Waals surface area contributed by atoms with Crippen LogP contribution in [0.5, 0.6) is 0 Å². The predicted octanol–water partition coefficient (Wildman–Crippen LogP) is 4.54. The number of anilines is 1. The molecule has 0 saturated carbocycles. The van der Waals surface area contributed by atoms with Crippen molar-refractivity contribution in [1.29, 1.82) is 0 Å². The van der Waals surface area contributed by atoms with E-state index in [1.54, 1.807) is 18.2 Å². The Labute approximate surface area is 169 Å². The zero-order valence-electron chi connectivity index (χ0n) is 16.0. The summed E-state index contributed by atoms with van der Waals surface area (Å²) in [6, 6.07) is 12.4. The lowest BCUT2D eigenvalue weighted by Crippen LogP contribution is -2.17. The zero-order chi connectivity index (χ0) is 20.3. The maximum Gasteiger partial charge on any atom is 0.227 e. The quantitative estimate of drug-likeness (QED) is 0.643. The Balaban J connectivity index is 1.65. The number of carbonyl (C=O) groups is 1. The summed E-state index contributed by atoms with van der Waals surface area (Å²) < 4.78 is 24.6. The van der Waals surface area contributed by atoms with E-state index in [1.807, 2.05) is 12.3 Å². The first kappa shape index (κ1) is 20.2. The molecule has 1 N–H and O–H groups in total. The van der Waals surface area contributed by atoms with Crippen LogP contribution in [0.1, 0.15) is 23.1 Å². The normalized spacial score (nSPS) is 11.4. The monoisotopic (exact) mass is 414 g/mol. The average Bonchev–Trinajstić information content (AvgIpc) is 3.12. The van der Waals surface area contributed by atoms with E-state index in [1.165, 1.54) is 34.6 Å². The molecule has 0 spiro atoms. The van der Waals surface area contributed by atoms with E-state index >= 15 is 0 Å². The highest BCUT2D eigenvalue weighted by atomic mass is 32.2. The number of aryl methyl sites for hydroxylation is 3. The van der Waals surface area contributed by atoms with Crippen molar-refractivity contribution < 1.29 is 13.2 Å². The molecule has 0 aliphatic rings. The second kappa shape index (κ2) is 8.24. The third-order valence-electron chi connectivity index (χ3n) is 4.57. The summed E-state index contributed by atoms with van der Waals surface area (Å²) in [5.74, 6) is -0.602. The molecule has 0 aliphatic carbocycles. The molecule has 146 valence electrons. The van der Waals surface area contributed by atoms with Crippen molar-refractivity contribution in [1.82, 2.24) is 4.98 Å². The molecule has 2 aromatic carbocycles. The minimum atomic E-state index is -3.48. The van der Waals surface area contributed by atoms with Crippen LogP contribution in [-0.2, 0) is 14.6 Å². The summed E-state index contributed by atoms with van der Waals surface area (Å²) in [4.78, 5) is 16.9. The van der Waals surface area contributed by atoms with Gasteiger partial charge in [0.15, 0.2) is 15.0 Å². The van der Waals surface area contributed by atoms with Gasteiger partial charge in [-0.1, -0.05) is 24.3 Å². The number of nitrogens with one attached hydrogen (secondary N) is 1. The molecule has 1 aromatic heterocycles. The van der Waals surface area contributed by atoms with E-state index < -0.39 is 9.84 Å². The van der Waals surface area contributed by atoms with Crippen molar-refractivity contribution in [3.8, 4) is 11.3 Å². The van der Waals surface area contributed by atoms with Gasteiger partial charge in [-0.3, -0.25) is 4.79 Å². The lowest BCUT2D eigenvalue weighted by Gasteiger charge is -2.07. The van der Waals surface area contributed by atoms with Crippen molar-refractivity contribution in [2.24, 2.45) is 0 Å². The summed E-state index contributed by atoms with van der Waals surface area (Å²) in [6.07, 6.45) is -0.116. The van der Waals surface area contributed by atoms with Crippen molar-refractivity contribution >= 4 is 32.2 Å². The van der Waals surface area contributed by atoms with Gasteiger partial charge >= 0.3 is 0 Å². The third-order valence-corrected chi connectivity index (χ3v) is 7.06. The Bertz CT molecular complexity index is 1100. The Morgan fingerprint density at radius 2 is 1.71 bits per heavy atom. The van der Waals surface area contributed by atoms with Gasteiger partial charge in [-0.25, -0.2) is 13.4 Å². The number of aromatic nitrogens is 1. The number of thiazole rings is 1. The minimum absolute atomic E-state index is 0.116. The number of rotatable bonds is 6. The van der Waals surface area contributed by atoms with Gasteiger partial charge < -0.3 is 5.32 Å². The Morgan fingerprint density at radius 3 is 2.43 bits per heavy atom. The van der Waals surface area contributed by atoms with Crippen LogP contribution in [0.4, 0.5) is 5.13 Å². The topological polar surface area (TPSA) is 76.1 Å². The summed E-state index contributed by atoms with van der Waals surface area (Å²) in [5.41, 5.74) is 5.37. The van der Waals surface area contributed by atoms with Crippen LogP contribution in [-0.4, -0.2) is 25.1 Å². The van der Waals surface area contributed by atoms with E-state index in [0.717, 1.165) is 16.8 Å². The molecular formula is C21H22N2O3S2. The highest BCUT2D eigenvalue weighted by Gasteiger charge is 2.17. The van der Waals surface area contributed by atoms with Gasteiger partial charge in [-0.05, 0) is 55.7 Å². The fourth-order valence-electron chi connectivity index (χ4n) is 2.85. The van der Waals surface area contributed by atoms with Crippen LogP contribution < -0.4 is 5.32 Å². The van der Waals surface area contributed by atoms with Crippen LogP contribution in [0, 0.1) is 20.8 Å². The van der Waals surface area contributed by atoms with Gasteiger partial charge in [0.05, 0.1) is 16.3 Å². The van der Waals surface area contributed by atoms with Crippen LogP contribution >= 0.6 is 11.3 Å². The molecule has 1 heterocycles. The highest BCUT2D eigenvalue weighted by molar-refractivity contribution is 7.91. The van der Waals surface area contributed by atoms with Crippen LogP contribution in [0.25, 0.3) is 11.3 Å². The summed E-state index contributed by atoms with van der Waals surface area (Å²) in [5, 5.41) is 5.07. The second-order valence-corrected chi connectivity index (χ2v) is 9.69. The number of benzene rings is 2. The first-order valence-corrected chi connectivity index (χ1v) is 11.4. The molecule has 0 atom stereocenters. The standard InChI is InChI=1S/C21H22N2O3S2/c1-14-11-16(3)18(12-15(14)2)19-13-27-21(22-19)23-20(24)9-10-28(25,26)17-7-5-4-6-8-17/h4-8,11-13H,9-10H2,1-3H3,(H,22,23,24).